The number of carbonyl (C=O) groups excluding carboxylic acids is 1. The summed E-state index contributed by atoms with van der Waals surface area (Å²) in [6, 6.07) is 10.2. The first-order valence-corrected chi connectivity index (χ1v) is 10.4. The van der Waals surface area contributed by atoms with Crippen LogP contribution in [0, 0.1) is 17.8 Å². The average molecular weight is 369 g/mol. The Morgan fingerprint density at radius 3 is 2.81 bits per heavy atom. The molecule has 5 atom stereocenters. The van der Waals surface area contributed by atoms with E-state index in [-0.39, 0.29) is 17.8 Å². The lowest BCUT2D eigenvalue weighted by molar-refractivity contribution is -0.120. The first-order valence-electron chi connectivity index (χ1n) is 10.4. The third-order valence-corrected chi connectivity index (χ3v) is 6.11. The van der Waals surface area contributed by atoms with Crippen LogP contribution in [0.4, 0.5) is 0 Å². The Bertz CT molecular complexity index is 649. The predicted molar refractivity (Wildman–Crippen MR) is 108 cm³/mol. The SMILES string of the molecule is O=C1CCC/C=C\C[C@H]2[C@@H](C1)C[C@@H](O)[C@@H]2/C=C/[C@@H](O)CCc1ccccc1. The summed E-state index contributed by atoms with van der Waals surface area (Å²) in [6.07, 6.45) is 13.6. The lowest BCUT2D eigenvalue weighted by Crippen LogP contribution is -2.20. The number of rotatable bonds is 5. The van der Waals surface area contributed by atoms with Crippen LogP contribution in [0.15, 0.2) is 54.6 Å². The van der Waals surface area contributed by atoms with E-state index in [1.54, 1.807) is 0 Å². The summed E-state index contributed by atoms with van der Waals surface area (Å²) in [6.45, 7) is 0. The van der Waals surface area contributed by atoms with Crippen molar-refractivity contribution in [1.82, 2.24) is 0 Å². The van der Waals surface area contributed by atoms with E-state index in [1.165, 1.54) is 5.56 Å². The van der Waals surface area contributed by atoms with Crippen molar-refractivity contribution in [3.05, 3.63) is 60.2 Å². The summed E-state index contributed by atoms with van der Waals surface area (Å²) in [4.78, 5) is 12.2. The minimum absolute atomic E-state index is 0.0262. The van der Waals surface area contributed by atoms with Crippen LogP contribution in [0.3, 0.4) is 0 Å². The van der Waals surface area contributed by atoms with Crippen LogP contribution in [0.25, 0.3) is 0 Å². The van der Waals surface area contributed by atoms with Gasteiger partial charge in [-0.05, 0) is 55.9 Å². The van der Waals surface area contributed by atoms with E-state index < -0.39 is 12.2 Å². The zero-order valence-electron chi connectivity index (χ0n) is 16.0. The highest BCUT2D eigenvalue weighted by atomic mass is 16.3. The Kier molecular flexibility index (Phi) is 7.42. The smallest absolute Gasteiger partial charge is 0.133 e. The first kappa shape index (κ1) is 20.0. The minimum atomic E-state index is -0.506. The Labute approximate surface area is 162 Å². The lowest BCUT2D eigenvalue weighted by atomic mass is 9.82. The molecule has 0 bridgehead atoms. The molecule has 3 nitrogen and oxygen atoms in total. The van der Waals surface area contributed by atoms with E-state index in [0.717, 1.165) is 25.7 Å². The topological polar surface area (TPSA) is 57.5 Å². The summed E-state index contributed by atoms with van der Waals surface area (Å²) in [5.41, 5.74) is 1.22. The molecule has 1 fully saturated rings. The van der Waals surface area contributed by atoms with Gasteiger partial charge in [0.15, 0.2) is 0 Å². The van der Waals surface area contributed by atoms with E-state index in [2.05, 4.69) is 24.3 Å². The van der Waals surface area contributed by atoms with Crippen LogP contribution in [0.2, 0.25) is 0 Å². The molecular weight excluding hydrogens is 336 g/mol. The summed E-state index contributed by atoms with van der Waals surface area (Å²) in [5, 5.41) is 20.9. The molecule has 0 saturated heterocycles. The molecule has 1 saturated carbocycles. The van der Waals surface area contributed by atoms with Gasteiger partial charge in [-0.1, -0.05) is 54.6 Å². The molecule has 0 spiro atoms. The largest absolute Gasteiger partial charge is 0.392 e. The van der Waals surface area contributed by atoms with Crippen molar-refractivity contribution >= 4 is 5.78 Å². The second-order valence-electron chi connectivity index (χ2n) is 8.12. The molecule has 27 heavy (non-hydrogen) atoms. The van der Waals surface area contributed by atoms with Crippen LogP contribution in [-0.4, -0.2) is 28.2 Å². The monoisotopic (exact) mass is 368 g/mol. The highest BCUT2D eigenvalue weighted by Crippen LogP contribution is 2.43. The highest BCUT2D eigenvalue weighted by Gasteiger charge is 2.41. The maximum atomic E-state index is 12.2. The fourth-order valence-corrected chi connectivity index (χ4v) is 4.59. The normalized spacial score (nSPS) is 31.6. The van der Waals surface area contributed by atoms with E-state index in [1.807, 2.05) is 30.4 Å². The second kappa shape index (κ2) is 10.0. The van der Waals surface area contributed by atoms with E-state index in [0.29, 0.717) is 31.5 Å². The van der Waals surface area contributed by atoms with Gasteiger partial charge in [0.05, 0.1) is 12.2 Å². The van der Waals surface area contributed by atoms with E-state index in [4.69, 9.17) is 0 Å². The number of aliphatic hydroxyl groups excluding tert-OH is 2. The molecule has 1 aromatic carbocycles. The molecule has 0 radical (unpaired) electrons. The molecule has 3 rings (SSSR count). The third kappa shape index (κ3) is 5.88. The van der Waals surface area contributed by atoms with Gasteiger partial charge in [-0.25, -0.2) is 0 Å². The Morgan fingerprint density at radius 1 is 1.19 bits per heavy atom. The Balaban J connectivity index is 1.60. The van der Waals surface area contributed by atoms with Gasteiger partial charge in [0.25, 0.3) is 0 Å². The Morgan fingerprint density at radius 2 is 2.00 bits per heavy atom. The number of allylic oxidation sites excluding steroid dienone is 2. The zero-order valence-corrected chi connectivity index (χ0v) is 16.0. The number of carbonyl (C=O) groups is 1. The van der Waals surface area contributed by atoms with Crippen molar-refractivity contribution in [3.63, 3.8) is 0 Å². The van der Waals surface area contributed by atoms with Crippen molar-refractivity contribution < 1.29 is 15.0 Å². The van der Waals surface area contributed by atoms with Gasteiger partial charge in [-0.3, -0.25) is 4.79 Å². The molecule has 0 unspecified atom stereocenters. The minimum Gasteiger partial charge on any atom is -0.392 e. The maximum Gasteiger partial charge on any atom is 0.133 e. The number of ketones is 1. The van der Waals surface area contributed by atoms with Crippen molar-refractivity contribution in [1.29, 1.82) is 0 Å². The third-order valence-electron chi connectivity index (χ3n) is 6.11. The van der Waals surface area contributed by atoms with Crippen LogP contribution >= 0.6 is 0 Å². The molecule has 1 aromatic rings. The number of aliphatic hydroxyl groups is 2. The number of hydrogen-bond acceptors (Lipinski definition) is 3. The molecule has 2 aliphatic carbocycles. The molecule has 0 amide bonds. The quantitative estimate of drug-likeness (QED) is 0.764. The second-order valence-corrected chi connectivity index (χ2v) is 8.12. The summed E-state index contributed by atoms with van der Waals surface area (Å²) in [7, 11) is 0. The number of Topliss-reactive ketones (excluding diaryl/α,β-unsaturated/α-hetero) is 1. The van der Waals surface area contributed by atoms with Crippen molar-refractivity contribution in [2.75, 3.05) is 0 Å². The first-order chi connectivity index (χ1) is 13.1. The Hall–Kier alpha value is -1.71. The fraction of sp³-hybridized carbons (Fsp3) is 0.542. The zero-order chi connectivity index (χ0) is 19.1. The van der Waals surface area contributed by atoms with Crippen LogP contribution in [-0.2, 0) is 11.2 Å². The predicted octanol–water partition coefficient (Wildman–Crippen LogP) is 4.24. The van der Waals surface area contributed by atoms with Gasteiger partial charge in [-0.15, -0.1) is 0 Å². The molecule has 3 heteroatoms. The standard InChI is InChI=1S/C24H32O3/c25-20(13-12-18-8-4-3-5-9-18)14-15-23-22-11-7-2-1-6-10-21(26)16-19(22)17-24(23)27/h2-5,7-9,14-15,19-20,22-25,27H,1,6,10-13,16-17H2/b7-2-,15-14+/t19-,20-,22-,23+,24+/m0/s1. The van der Waals surface area contributed by atoms with Gasteiger partial charge in [-0.2, -0.15) is 0 Å². The van der Waals surface area contributed by atoms with Gasteiger partial charge in [0, 0.05) is 18.8 Å². The summed E-state index contributed by atoms with van der Waals surface area (Å²) >= 11 is 0. The molecule has 0 aromatic heterocycles. The summed E-state index contributed by atoms with van der Waals surface area (Å²) < 4.78 is 0. The van der Waals surface area contributed by atoms with Gasteiger partial charge < -0.3 is 10.2 Å². The number of aryl methyl sites for hydroxylation is 1. The van der Waals surface area contributed by atoms with Crippen molar-refractivity contribution in [2.45, 2.75) is 63.6 Å². The maximum absolute atomic E-state index is 12.2. The molecule has 2 aliphatic rings. The lowest BCUT2D eigenvalue weighted by Gasteiger charge is -2.23. The number of fused-ring (bicyclic) bond motifs is 1. The van der Waals surface area contributed by atoms with Crippen LogP contribution in [0.5, 0.6) is 0 Å². The van der Waals surface area contributed by atoms with Gasteiger partial charge in [0.2, 0.25) is 0 Å². The molecule has 146 valence electrons. The number of hydrogen-bond donors (Lipinski definition) is 2. The molecule has 0 heterocycles. The van der Waals surface area contributed by atoms with Crippen molar-refractivity contribution in [2.24, 2.45) is 17.8 Å². The molecular formula is C24H32O3. The number of benzene rings is 1. The fourth-order valence-electron chi connectivity index (χ4n) is 4.59. The van der Waals surface area contributed by atoms with Crippen LogP contribution in [0.1, 0.15) is 50.5 Å². The van der Waals surface area contributed by atoms with Gasteiger partial charge >= 0.3 is 0 Å². The summed E-state index contributed by atoms with van der Waals surface area (Å²) in [5.74, 6) is 0.903. The van der Waals surface area contributed by atoms with Crippen molar-refractivity contribution in [3.8, 4) is 0 Å². The average Bonchev–Trinajstić information content (AvgIpc) is 2.96. The van der Waals surface area contributed by atoms with E-state index in [9.17, 15) is 15.0 Å². The molecule has 0 aliphatic heterocycles. The van der Waals surface area contributed by atoms with Gasteiger partial charge in [0.1, 0.15) is 5.78 Å². The van der Waals surface area contributed by atoms with E-state index >= 15 is 0 Å². The molecule has 2 N–H and O–H groups in total. The highest BCUT2D eigenvalue weighted by molar-refractivity contribution is 5.78. The van der Waals surface area contributed by atoms with Crippen LogP contribution < -0.4 is 0 Å².